The Hall–Kier alpha value is -2.98. The number of benzene rings is 2. The summed E-state index contributed by atoms with van der Waals surface area (Å²) in [7, 11) is 0. The molecule has 4 rings (SSSR count). The highest BCUT2D eigenvalue weighted by molar-refractivity contribution is 5.88. The van der Waals surface area contributed by atoms with E-state index in [2.05, 4.69) is 29.2 Å². The van der Waals surface area contributed by atoms with E-state index in [9.17, 15) is 4.79 Å². The molecule has 0 saturated carbocycles. The number of pyridine rings is 1. The Kier molecular flexibility index (Phi) is 6.55. The van der Waals surface area contributed by atoms with E-state index in [1.165, 1.54) is 5.56 Å². The van der Waals surface area contributed by atoms with Crippen LogP contribution in [0.15, 0.2) is 85.1 Å². The van der Waals surface area contributed by atoms with Crippen molar-refractivity contribution in [3.05, 3.63) is 102 Å². The standard InChI is InChI=1S/C26H28N2O2/c29-25(26(15-19-30-20-16-26)23-11-5-2-6-12-23)28(21-24-13-7-8-17-27-24)18-14-22-9-3-1-4-10-22/h1-13,17H,14-16,18-21H2. The van der Waals surface area contributed by atoms with Crippen molar-refractivity contribution in [2.45, 2.75) is 31.2 Å². The van der Waals surface area contributed by atoms with E-state index in [-0.39, 0.29) is 5.91 Å². The van der Waals surface area contributed by atoms with Gasteiger partial charge in [0.2, 0.25) is 5.91 Å². The second kappa shape index (κ2) is 9.68. The van der Waals surface area contributed by atoms with Gasteiger partial charge in [-0.3, -0.25) is 9.78 Å². The molecule has 0 radical (unpaired) electrons. The summed E-state index contributed by atoms with van der Waals surface area (Å²) in [6, 6.07) is 26.4. The van der Waals surface area contributed by atoms with Crippen LogP contribution in [0.1, 0.15) is 29.7 Å². The Morgan fingerprint density at radius 2 is 1.57 bits per heavy atom. The average molecular weight is 401 g/mol. The zero-order chi connectivity index (χ0) is 20.7. The van der Waals surface area contributed by atoms with Crippen molar-refractivity contribution in [2.24, 2.45) is 0 Å². The Bertz CT molecular complexity index is 923. The summed E-state index contributed by atoms with van der Waals surface area (Å²) in [6.07, 6.45) is 4.02. The van der Waals surface area contributed by atoms with Gasteiger partial charge in [0.25, 0.3) is 0 Å². The van der Waals surface area contributed by atoms with Crippen LogP contribution in [0.5, 0.6) is 0 Å². The maximum Gasteiger partial charge on any atom is 0.233 e. The first-order chi connectivity index (χ1) is 14.8. The molecule has 1 aliphatic rings. The number of nitrogens with zero attached hydrogens (tertiary/aromatic N) is 2. The van der Waals surface area contributed by atoms with Gasteiger partial charge in [-0.05, 0) is 42.5 Å². The number of rotatable bonds is 7. The van der Waals surface area contributed by atoms with Gasteiger partial charge in [-0.15, -0.1) is 0 Å². The predicted molar refractivity (Wildman–Crippen MR) is 118 cm³/mol. The van der Waals surface area contributed by atoms with E-state index < -0.39 is 5.41 Å². The topological polar surface area (TPSA) is 42.4 Å². The van der Waals surface area contributed by atoms with Gasteiger partial charge in [-0.1, -0.05) is 66.7 Å². The molecule has 3 aromatic rings. The number of ether oxygens (including phenoxy) is 1. The molecule has 0 unspecified atom stereocenters. The van der Waals surface area contributed by atoms with Crippen LogP contribution in [0.3, 0.4) is 0 Å². The molecule has 1 aromatic heterocycles. The zero-order valence-corrected chi connectivity index (χ0v) is 17.2. The van der Waals surface area contributed by atoms with Gasteiger partial charge < -0.3 is 9.64 Å². The Morgan fingerprint density at radius 3 is 2.23 bits per heavy atom. The number of hydrogen-bond acceptors (Lipinski definition) is 3. The van der Waals surface area contributed by atoms with E-state index >= 15 is 0 Å². The number of aromatic nitrogens is 1. The third-order valence-corrected chi connectivity index (χ3v) is 5.96. The molecule has 1 saturated heterocycles. The second-order valence-electron chi connectivity index (χ2n) is 7.84. The SMILES string of the molecule is O=C(N(CCc1ccccc1)Cc1ccccn1)C1(c2ccccc2)CCOCC1. The molecule has 4 nitrogen and oxygen atoms in total. The first-order valence-corrected chi connectivity index (χ1v) is 10.6. The fourth-order valence-corrected chi connectivity index (χ4v) is 4.25. The molecule has 0 spiro atoms. The molecule has 2 heterocycles. The number of amides is 1. The van der Waals surface area contributed by atoms with Crippen LogP contribution in [0.25, 0.3) is 0 Å². The number of hydrogen-bond donors (Lipinski definition) is 0. The van der Waals surface area contributed by atoms with Gasteiger partial charge in [0.15, 0.2) is 0 Å². The lowest BCUT2D eigenvalue weighted by Gasteiger charge is -2.40. The van der Waals surface area contributed by atoms with Gasteiger partial charge in [0.05, 0.1) is 17.7 Å². The highest BCUT2D eigenvalue weighted by Crippen LogP contribution is 2.37. The maximum atomic E-state index is 14.1. The third kappa shape index (κ3) is 4.60. The maximum absolute atomic E-state index is 14.1. The minimum Gasteiger partial charge on any atom is -0.381 e. The van der Waals surface area contributed by atoms with Crippen molar-refractivity contribution in [3.63, 3.8) is 0 Å². The van der Waals surface area contributed by atoms with Crippen molar-refractivity contribution in [3.8, 4) is 0 Å². The Morgan fingerprint density at radius 1 is 0.900 bits per heavy atom. The molecule has 154 valence electrons. The Balaban J connectivity index is 1.63. The van der Waals surface area contributed by atoms with Gasteiger partial charge in [-0.2, -0.15) is 0 Å². The fourth-order valence-electron chi connectivity index (χ4n) is 4.25. The summed E-state index contributed by atoms with van der Waals surface area (Å²) in [6.45, 7) is 2.39. The van der Waals surface area contributed by atoms with E-state index in [1.54, 1.807) is 6.20 Å². The molecule has 2 aromatic carbocycles. The summed E-state index contributed by atoms with van der Waals surface area (Å²) in [5.74, 6) is 0.179. The molecule has 30 heavy (non-hydrogen) atoms. The van der Waals surface area contributed by atoms with Crippen molar-refractivity contribution < 1.29 is 9.53 Å². The lowest BCUT2D eigenvalue weighted by atomic mass is 9.73. The normalized spacial score (nSPS) is 15.5. The average Bonchev–Trinajstić information content (AvgIpc) is 2.83. The van der Waals surface area contributed by atoms with E-state index in [1.807, 2.05) is 59.5 Å². The van der Waals surface area contributed by atoms with Crippen LogP contribution in [0, 0.1) is 0 Å². The van der Waals surface area contributed by atoms with Crippen LogP contribution in [-0.2, 0) is 27.9 Å². The third-order valence-electron chi connectivity index (χ3n) is 5.96. The quantitative estimate of drug-likeness (QED) is 0.590. The largest absolute Gasteiger partial charge is 0.381 e. The second-order valence-corrected chi connectivity index (χ2v) is 7.84. The van der Waals surface area contributed by atoms with Crippen molar-refractivity contribution in [2.75, 3.05) is 19.8 Å². The molecular weight excluding hydrogens is 372 g/mol. The van der Waals surface area contributed by atoms with Gasteiger partial charge in [0.1, 0.15) is 0 Å². The van der Waals surface area contributed by atoms with Gasteiger partial charge in [0, 0.05) is 26.0 Å². The van der Waals surface area contributed by atoms with Crippen molar-refractivity contribution in [1.29, 1.82) is 0 Å². The summed E-state index contributed by atoms with van der Waals surface area (Å²) >= 11 is 0. The van der Waals surface area contributed by atoms with E-state index in [4.69, 9.17) is 4.74 Å². The van der Waals surface area contributed by atoms with Crippen LogP contribution >= 0.6 is 0 Å². The summed E-state index contributed by atoms with van der Waals surface area (Å²) in [5, 5.41) is 0. The molecule has 4 heteroatoms. The number of carbonyl (C=O) groups excluding carboxylic acids is 1. The molecule has 1 fully saturated rings. The lowest BCUT2D eigenvalue weighted by Crippen LogP contribution is -2.50. The molecule has 1 amide bonds. The van der Waals surface area contributed by atoms with Crippen LogP contribution < -0.4 is 0 Å². The van der Waals surface area contributed by atoms with Gasteiger partial charge in [-0.25, -0.2) is 0 Å². The minimum absolute atomic E-state index is 0.179. The van der Waals surface area contributed by atoms with Crippen molar-refractivity contribution >= 4 is 5.91 Å². The van der Waals surface area contributed by atoms with Crippen LogP contribution in [-0.4, -0.2) is 35.5 Å². The van der Waals surface area contributed by atoms with E-state index in [0.29, 0.717) is 39.1 Å². The molecule has 1 aliphatic heterocycles. The fraction of sp³-hybridized carbons (Fsp3) is 0.308. The Labute approximate surface area is 178 Å². The van der Waals surface area contributed by atoms with Crippen LogP contribution in [0.4, 0.5) is 0 Å². The molecule has 0 N–H and O–H groups in total. The smallest absolute Gasteiger partial charge is 0.233 e. The predicted octanol–water partition coefficient (Wildman–Crippen LogP) is 4.40. The summed E-state index contributed by atoms with van der Waals surface area (Å²) in [5.41, 5.74) is 2.70. The first kappa shape index (κ1) is 20.3. The molecule has 0 bridgehead atoms. The van der Waals surface area contributed by atoms with E-state index in [0.717, 1.165) is 17.7 Å². The molecular formula is C26H28N2O2. The van der Waals surface area contributed by atoms with Crippen LogP contribution in [0.2, 0.25) is 0 Å². The summed E-state index contributed by atoms with van der Waals surface area (Å²) in [4.78, 5) is 20.6. The zero-order valence-electron chi connectivity index (χ0n) is 17.2. The lowest BCUT2D eigenvalue weighted by molar-refractivity contribution is -0.142. The monoisotopic (exact) mass is 400 g/mol. The van der Waals surface area contributed by atoms with Gasteiger partial charge >= 0.3 is 0 Å². The first-order valence-electron chi connectivity index (χ1n) is 10.6. The molecule has 0 atom stereocenters. The number of carbonyl (C=O) groups is 1. The minimum atomic E-state index is -0.537. The van der Waals surface area contributed by atoms with Crippen molar-refractivity contribution in [1.82, 2.24) is 9.88 Å². The highest BCUT2D eigenvalue weighted by Gasteiger charge is 2.44. The highest BCUT2D eigenvalue weighted by atomic mass is 16.5. The summed E-state index contributed by atoms with van der Waals surface area (Å²) < 4.78 is 5.64. The molecule has 0 aliphatic carbocycles.